The van der Waals surface area contributed by atoms with Gasteiger partial charge in [-0.3, -0.25) is 0 Å². The number of allylic oxidation sites excluding steroid dienone is 1. The van der Waals surface area contributed by atoms with E-state index in [-0.39, 0.29) is 0 Å². The fraction of sp³-hybridized carbons (Fsp3) is 0.0270. The van der Waals surface area contributed by atoms with E-state index >= 15 is 0 Å². The van der Waals surface area contributed by atoms with Gasteiger partial charge in [0.2, 0.25) is 0 Å². The fourth-order valence-corrected chi connectivity index (χ4v) is 17.6. The van der Waals surface area contributed by atoms with Gasteiger partial charge in [-0.15, -0.1) is 0 Å². The Morgan fingerprint density at radius 2 is 0.547 bits per heavy atom. The molecule has 0 amide bonds. The van der Waals surface area contributed by atoms with Crippen molar-refractivity contribution in [1.29, 1.82) is 0 Å². The van der Waals surface area contributed by atoms with Crippen LogP contribution in [0.1, 0.15) is 23.1 Å². The highest BCUT2D eigenvalue weighted by molar-refractivity contribution is 7.19. The maximum absolute atomic E-state index is 2.75. The molecule has 1 heteroatoms. The molecule has 1 aliphatic rings. The van der Waals surface area contributed by atoms with E-state index in [2.05, 4.69) is 291 Å². The van der Waals surface area contributed by atoms with Crippen molar-refractivity contribution in [2.24, 2.45) is 0 Å². The van der Waals surface area contributed by atoms with Crippen LogP contribution in [0.4, 0.5) is 0 Å². The van der Waals surface area contributed by atoms with E-state index in [4.69, 9.17) is 0 Å². The van der Waals surface area contributed by atoms with Gasteiger partial charge in [0.25, 0.3) is 0 Å². The van der Waals surface area contributed by atoms with Gasteiger partial charge < -0.3 is 0 Å². The first kappa shape index (κ1) is 44.5. The third-order valence-electron chi connectivity index (χ3n) is 16.1. The molecule has 0 nitrogen and oxygen atoms in total. The van der Waals surface area contributed by atoms with Crippen LogP contribution in [-0.2, 0) is 6.42 Å². The summed E-state index contributed by atoms with van der Waals surface area (Å²) < 4.78 is 0. The Labute approximate surface area is 440 Å². The lowest BCUT2D eigenvalue weighted by atomic mass is 9.83. The molecule has 0 unspecified atom stereocenters. The van der Waals surface area contributed by atoms with Crippen LogP contribution in [0.15, 0.2) is 285 Å². The van der Waals surface area contributed by atoms with Crippen molar-refractivity contribution in [3.8, 4) is 44.5 Å². The maximum Gasteiger partial charge on any atom is 0.179 e. The fourth-order valence-electron chi connectivity index (χ4n) is 12.8. The lowest BCUT2D eigenvalue weighted by Gasteiger charge is -2.34. The Kier molecular flexibility index (Phi) is 11.1. The van der Waals surface area contributed by atoms with Crippen LogP contribution in [-0.4, -0.2) is 8.07 Å². The van der Waals surface area contributed by atoms with Crippen molar-refractivity contribution in [3.63, 3.8) is 0 Å². The molecular formula is C74H52Si. The quantitative estimate of drug-likeness (QED) is 0.0768. The zero-order valence-electron chi connectivity index (χ0n) is 41.6. The monoisotopic (exact) mass is 968 g/mol. The van der Waals surface area contributed by atoms with Crippen LogP contribution in [0.5, 0.6) is 0 Å². The van der Waals surface area contributed by atoms with Gasteiger partial charge in [0.15, 0.2) is 8.07 Å². The Morgan fingerprint density at radius 1 is 0.227 bits per heavy atom. The molecular weight excluding hydrogens is 917 g/mol. The molecule has 0 fully saturated rings. The minimum atomic E-state index is -2.75. The largest absolute Gasteiger partial charge is 0.179 e. The average Bonchev–Trinajstić information content (AvgIpc) is 3.49. The van der Waals surface area contributed by atoms with Gasteiger partial charge in [-0.1, -0.05) is 291 Å². The van der Waals surface area contributed by atoms with Crippen molar-refractivity contribution >= 4 is 83.6 Å². The summed E-state index contributed by atoms with van der Waals surface area (Å²) in [6, 6.07) is 107. The van der Waals surface area contributed by atoms with Gasteiger partial charge in [0.1, 0.15) is 0 Å². The smallest absolute Gasteiger partial charge is 0.0623 e. The van der Waals surface area contributed by atoms with Gasteiger partial charge in [-0.25, -0.2) is 0 Å². The standard InChI is InChI=1S/C74H52Si/c1-5-22-52(23-6-1)71-63-32-13-19-38-69(63)74(70-39-20-14-33-64(70)71)58-47-46-55-48-54(44-45-56(55)49-58)51-40-42-53(43-41-51)72-65-34-15-17-36-67(65)73(68-37-18-16-35-66(68)72)57-24-21-31-62(50-57)75(59-25-7-2-8-26-59,60-27-9-3-10-28-60)61-29-11-4-12-30-61/h1-43,46-50H,44-45H2. The topological polar surface area (TPSA) is 0 Å². The highest BCUT2D eigenvalue weighted by Crippen LogP contribution is 2.46. The Hall–Kier alpha value is -9.14. The summed E-state index contributed by atoms with van der Waals surface area (Å²) in [7, 11) is -2.75. The van der Waals surface area contributed by atoms with Crippen molar-refractivity contribution in [2.45, 2.75) is 12.8 Å². The number of fused-ring (bicyclic) bond motifs is 5. The maximum atomic E-state index is 2.52. The highest BCUT2D eigenvalue weighted by Gasteiger charge is 2.41. The molecule has 14 rings (SSSR count). The van der Waals surface area contributed by atoms with Crippen molar-refractivity contribution in [3.05, 3.63) is 302 Å². The molecule has 0 N–H and O–H groups in total. The van der Waals surface area contributed by atoms with Gasteiger partial charge in [0.05, 0.1) is 0 Å². The molecule has 75 heavy (non-hydrogen) atoms. The summed E-state index contributed by atoms with van der Waals surface area (Å²) in [6.45, 7) is 0. The van der Waals surface area contributed by atoms with Gasteiger partial charge in [-0.05, 0) is 143 Å². The predicted octanol–water partition coefficient (Wildman–Crippen LogP) is 16.8. The van der Waals surface area contributed by atoms with Crippen molar-refractivity contribution in [1.82, 2.24) is 0 Å². The average molecular weight is 969 g/mol. The lowest BCUT2D eigenvalue weighted by molar-refractivity contribution is 1.00. The van der Waals surface area contributed by atoms with E-state index < -0.39 is 8.07 Å². The second kappa shape index (κ2) is 18.7. The van der Waals surface area contributed by atoms with E-state index in [1.807, 2.05) is 0 Å². The van der Waals surface area contributed by atoms with E-state index in [0.29, 0.717) is 0 Å². The lowest BCUT2D eigenvalue weighted by Crippen LogP contribution is -2.74. The van der Waals surface area contributed by atoms with E-state index in [1.54, 1.807) is 0 Å². The number of benzene rings is 13. The Balaban J connectivity index is 0.847. The van der Waals surface area contributed by atoms with Crippen LogP contribution in [0.25, 0.3) is 99.2 Å². The van der Waals surface area contributed by atoms with Gasteiger partial charge >= 0.3 is 0 Å². The Bertz CT molecular complexity index is 4100. The molecule has 13 aromatic rings. The summed E-state index contributed by atoms with van der Waals surface area (Å²) >= 11 is 0. The van der Waals surface area contributed by atoms with Crippen LogP contribution >= 0.6 is 0 Å². The molecule has 0 saturated heterocycles. The highest BCUT2D eigenvalue weighted by atomic mass is 28.3. The third-order valence-corrected chi connectivity index (χ3v) is 20.9. The van der Waals surface area contributed by atoms with Crippen molar-refractivity contribution in [2.75, 3.05) is 0 Å². The summed E-state index contributed by atoms with van der Waals surface area (Å²) in [5.74, 6) is 0. The van der Waals surface area contributed by atoms with Crippen LogP contribution in [0, 0.1) is 0 Å². The molecule has 0 saturated carbocycles. The molecule has 0 atom stereocenters. The molecule has 352 valence electrons. The minimum Gasteiger partial charge on any atom is -0.0623 e. The van der Waals surface area contributed by atoms with Crippen molar-refractivity contribution < 1.29 is 0 Å². The first-order chi connectivity index (χ1) is 37.2. The van der Waals surface area contributed by atoms with E-state index in [9.17, 15) is 0 Å². The first-order valence-electron chi connectivity index (χ1n) is 26.4. The zero-order valence-corrected chi connectivity index (χ0v) is 42.6. The molecule has 0 aromatic heterocycles. The van der Waals surface area contributed by atoms with Gasteiger partial charge in [-0.2, -0.15) is 0 Å². The Morgan fingerprint density at radius 3 is 0.987 bits per heavy atom. The molecule has 0 aliphatic heterocycles. The summed E-state index contributed by atoms with van der Waals surface area (Å²) in [5, 5.41) is 15.7. The normalized spacial score (nSPS) is 12.5. The number of rotatable bonds is 9. The first-order valence-corrected chi connectivity index (χ1v) is 28.4. The summed E-state index contributed by atoms with van der Waals surface area (Å²) in [4.78, 5) is 0. The number of aryl methyl sites for hydroxylation is 1. The van der Waals surface area contributed by atoms with Crippen LogP contribution in [0.2, 0.25) is 0 Å². The molecule has 0 heterocycles. The minimum absolute atomic E-state index is 0.993. The second-order valence-electron chi connectivity index (χ2n) is 20.1. The van der Waals surface area contributed by atoms with Crippen LogP contribution < -0.4 is 20.7 Å². The molecule has 1 aliphatic carbocycles. The van der Waals surface area contributed by atoms with E-state index in [0.717, 1.165) is 12.8 Å². The zero-order chi connectivity index (χ0) is 49.7. The number of hydrogen-bond donors (Lipinski definition) is 0. The van der Waals surface area contributed by atoms with Crippen LogP contribution in [0.3, 0.4) is 0 Å². The summed E-state index contributed by atoms with van der Waals surface area (Å²) in [6.07, 6.45) is 4.43. The van der Waals surface area contributed by atoms with Gasteiger partial charge in [0, 0.05) is 0 Å². The summed E-state index contributed by atoms with van der Waals surface area (Å²) in [5.41, 5.74) is 15.6. The van der Waals surface area contributed by atoms with E-state index in [1.165, 1.54) is 131 Å². The molecule has 0 radical (unpaired) electrons. The molecule has 0 spiro atoms. The predicted molar refractivity (Wildman–Crippen MR) is 324 cm³/mol. The number of hydrogen-bond acceptors (Lipinski definition) is 0. The molecule has 13 aromatic carbocycles. The SMILES string of the molecule is C1=C(c2ccc(-c3c4ccccc4c(-c4cccc([Si](c5ccccc5)(c5ccccc5)c5ccccc5)c4)c4ccccc34)cc2)CCc2cc(-c3c4ccccc4c(-c4ccccc4)c4ccccc34)ccc21. The third kappa shape index (κ3) is 7.50. The second-order valence-corrected chi connectivity index (χ2v) is 23.9. The molecule has 0 bridgehead atoms.